The first-order chi connectivity index (χ1) is 15.0. The van der Waals surface area contributed by atoms with Crippen LogP contribution in [0.5, 0.6) is 11.8 Å². The maximum absolute atomic E-state index is 6.10. The average Bonchev–Trinajstić information content (AvgIpc) is 3.32. The molecule has 10 heteroatoms. The Morgan fingerprint density at radius 3 is 2.77 bits per heavy atom. The highest BCUT2D eigenvalue weighted by atomic mass is 35.5. The summed E-state index contributed by atoms with van der Waals surface area (Å²) in [6.07, 6.45) is 1.78. The Kier molecular flexibility index (Phi) is 5.56. The van der Waals surface area contributed by atoms with Gasteiger partial charge in [-0.3, -0.25) is 0 Å². The second-order valence-corrected chi connectivity index (χ2v) is 9.52. The molecule has 0 amide bonds. The summed E-state index contributed by atoms with van der Waals surface area (Å²) in [4.78, 5) is 17.2. The molecule has 2 aromatic heterocycles. The van der Waals surface area contributed by atoms with Gasteiger partial charge in [-0.25, -0.2) is 0 Å². The highest BCUT2D eigenvalue weighted by Crippen LogP contribution is 2.31. The second-order valence-electron chi connectivity index (χ2n) is 7.75. The largest absolute Gasteiger partial charge is 0.424 e. The molecule has 1 aromatic carbocycles. The number of ether oxygens (including phenoxy) is 1. The Labute approximate surface area is 190 Å². The van der Waals surface area contributed by atoms with Crippen LogP contribution >= 0.6 is 23.4 Å². The summed E-state index contributed by atoms with van der Waals surface area (Å²) in [6.45, 7) is 5.84. The summed E-state index contributed by atoms with van der Waals surface area (Å²) in [5, 5.41) is 7.64. The molecule has 1 unspecified atom stereocenters. The molecule has 0 saturated carbocycles. The van der Waals surface area contributed by atoms with Crippen LogP contribution in [0.3, 0.4) is 0 Å². The van der Waals surface area contributed by atoms with E-state index in [1.807, 2.05) is 31.2 Å². The van der Waals surface area contributed by atoms with Gasteiger partial charge in [-0.15, -0.1) is 0 Å². The monoisotopic (exact) mass is 457 g/mol. The zero-order chi connectivity index (χ0) is 21.4. The molecule has 8 nitrogen and oxygen atoms in total. The van der Waals surface area contributed by atoms with Crippen molar-refractivity contribution in [3.8, 4) is 11.8 Å². The summed E-state index contributed by atoms with van der Waals surface area (Å²) < 4.78 is 6.80. The zero-order valence-electron chi connectivity index (χ0n) is 17.4. The van der Waals surface area contributed by atoms with Crippen LogP contribution < -0.4 is 20.3 Å². The molecule has 4 heterocycles. The summed E-state index contributed by atoms with van der Waals surface area (Å²) in [6, 6.07) is 10.3. The van der Waals surface area contributed by atoms with Gasteiger partial charge in [0.15, 0.2) is 5.50 Å². The molecule has 3 N–H and O–H groups in total. The first-order valence-corrected chi connectivity index (χ1v) is 11.4. The normalized spacial score (nSPS) is 19.4. The molecule has 0 radical (unpaired) electrons. The van der Waals surface area contributed by atoms with Crippen molar-refractivity contribution in [3.05, 3.63) is 46.6 Å². The molecule has 2 aliphatic rings. The molecule has 5 rings (SSSR count). The minimum Gasteiger partial charge on any atom is -0.424 e. The molecule has 162 valence electrons. The SMILES string of the molecule is Cc1cc2cc(Oc3nc(NC4NC=C(Cl)S4)cc(N4CCN(C)CC4)n3)ccc2[nH]1. The van der Waals surface area contributed by atoms with Crippen molar-refractivity contribution in [2.75, 3.05) is 43.4 Å². The van der Waals surface area contributed by atoms with Gasteiger partial charge >= 0.3 is 6.01 Å². The predicted octanol–water partition coefficient (Wildman–Crippen LogP) is 3.88. The van der Waals surface area contributed by atoms with Gasteiger partial charge in [0, 0.05) is 55.0 Å². The fraction of sp³-hybridized carbons (Fsp3) is 0.333. The predicted molar refractivity (Wildman–Crippen MR) is 127 cm³/mol. The van der Waals surface area contributed by atoms with E-state index in [4.69, 9.17) is 21.3 Å². The molecule has 1 atom stereocenters. The van der Waals surface area contributed by atoms with Crippen molar-refractivity contribution in [3.63, 3.8) is 0 Å². The van der Waals surface area contributed by atoms with E-state index in [0.29, 0.717) is 21.9 Å². The Morgan fingerprint density at radius 2 is 2.00 bits per heavy atom. The maximum atomic E-state index is 6.10. The number of thioether (sulfide) groups is 1. The van der Waals surface area contributed by atoms with Gasteiger partial charge in [0.1, 0.15) is 17.4 Å². The second kappa shape index (κ2) is 8.49. The van der Waals surface area contributed by atoms with Crippen LogP contribution in [0.25, 0.3) is 10.9 Å². The molecule has 31 heavy (non-hydrogen) atoms. The highest BCUT2D eigenvalue weighted by Gasteiger charge is 2.21. The number of hydrogen-bond acceptors (Lipinski definition) is 8. The number of halogens is 1. The number of aromatic nitrogens is 3. The molecular formula is C21H24ClN7OS. The number of fused-ring (bicyclic) bond motifs is 1. The smallest absolute Gasteiger partial charge is 0.325 e. The summed E-state index contributed by atoms with van der Waals surface area (Å²) in [5.41, 5.74) is 2.10. The van der Waals surface area contributed by atoms with E-state index in [0.717, 1.165) is 48.6 Å². The highest BCUT2D eigenvalue weighted by molar-refractivity contribution is 8.05. The lowest BCUT2D eigenvalue weighted by Gasteiger charge is -2.33. The summed E-state index contributed by atoms with van der Waals surface area (Å²) >= 11 is 7.57. The number of piperazine rings is 1. The fourth-order valence-electron chi connectivity index (χ4n) is 3.68. The number of H-pyrrole nitrogens is 1. The number of aryl methyl sites for hydroxylation is 1. The molecule has 2 aliphatic heterocycles. The number of benzene rings is 1. The van der Waals surface area contributed by atoms with E-state index >= 15 is 0 Å². The van der Waals surface area contributed by atoms with E-state index in [-0.39, 0.29) is 5.50 Å². The molecule has 0 bridgehead atoms. The maximum Gasteiger partial charge on any atom is 0.325 e. The quantitative estimate of drug-likeness (QED) is 0.532. The fourth-order valence-corrected chi connectivity index (χ4v) is 4.69. The van der Waals surface area contributed by atoms with E-state index in [2.05, 4.69) is 43.5 Å². The van der Waals surface area contributed by atoms with Crippen molar-refractivity contribution in [2.45, 2.75) is 12.4 Å². The first kappa shape index (κ1) is 20.3. The number of rotatable bonds is 5. The Hall–Kier alpha value is -2.62. The van der Waals surface area contributed by atoms with Crippen molar-refractivity contribution >= 4 is 45.9 Å². The lowest BCUT2D eigenvalue weighted by Crippen LogP contribution is -2.44. The third-order valence-electron chi connectivity index (χ3n) is 5.31. The van der Waals surface area contributed by atoms with Crippen LogP contribution in [0.15, 0.2) is 40.9 Å². The lowest BCUT2D eigenvalue weighted by atomic mass is 10.2. The van der Waals surface area contributed by atoms with Crippen molar-refractivity contribution in [1.82, 2.24) is 25.2 Å². The van der Waals surface area contributed by atoms with Gasteiger partial charge in [0.25, 0.3) is 0 Å². The Morgan fingerprint density at radius 1 is 1.16 bits per heavy atom. The topological polar surface area (TPSA) is 81.3 Å². The minimum absolute atomic E-state index is 0.0882. The lowest BCUT2D eigenvalue weighted by molar-refractivity contribution is 0.311. The third-order valence-corrected chi connectivity index (χ3v) is 6.52. The molecule has 1 fully saturated rings. The minimum atomic E-state index is -0.0882. The average molecular weight is 458 g/mol. The van der Waals surface area contributed by atoms with Gasteiger partial charge in [0.2, 0.25) is 0 Å². The van der Waals surface area contributed by atoms with Crippen molar-refractivity contribution in [2.24, 2.45) is 0 Å². The van der Waals surface area contributed by atoms with Crippen LogP contribution in [-0.4, -0.2) is 58.6 Å². The number of anilines is 2. The summed E-state index contributed by atoms with van der Waals surface area (Å²) in [7, 11) is 2.14. The first-order valence-electron chi connectivity index (χ1n) is 10.2. The standard InChI is InChI=1S/C21H24ClN7OS/c1-13-9-14-10-15(3-4-16(14)24-13)30-20-25-18(26-21-23-12-17(22)31-21)11-19(27-20)29-7-5-28(2)6-8-29/h3-4,9-12,21,23-24H,5-8H2,1-2H3,(H,25,26,27). The van der Waals surface area contributed by atoms with Crippen LogP contribution in [0.4, 0.5) is 11.6 Å². The Bertz CT molecular complexity index is 1130. The van der Waals surface area contributed by atoms with E-state index < -0.39 is 0 Å². The van der Waals surface area contributed by atoms with Gasteiger partial charge in [-0.2, -0.15) is 9.97 Å². The van der Waals surface area contributed by atoms with Crippen molar-refractivity contribution in [1.29, 1.82) is 0 Å². The molecule has 1 saturated heterocycles. The molecule has 0 aliphatic carbocycles. The van der Waals surface area contributed by atoms with Crippen LogP contribution in [0, 0.1) is 6.92 Å². The van der Waals surface area contributed by atoms with Crippen molar-refractivity contribution < 1.29 is 4.74 Å². The van der Waals surface area contributed by atoms with E-state index in [1.165, 1.54) is 11.8 Å². The molecular weight excluding hydrogens is 434 g/mol. The molecule has 0 spiro atoms. The van der Waals surface area contributed by atoms with Crippen LogP contribution in [-0.2, 0) is 0 Å². The number of likely N-dealkylation sites (N-methyl/N-ethyl adjacent to an activating group) is 1. The number of aromatic amines is 1. The van der Waals surface area contributed by atoms with E-state index in [9.17, 15) is 0 Å². The van der Waals surface area contributed by atoms with E-state index in [1.54, 1.807) is 6.20 Å². The number of hydrogen-bond donors (Lipinski definition) is 3. The molecule has 3 aromatic rings. The number of nitrogens with one attached hydrogen (secondary N) is 3. The van der Waals surface area contributed by atoms with Crippen LogP contribution in [0.2, 0.25) is 0 Å². The summed E-state index contributed by atoms with van der Waals surface area (Å²) in [5.74, 6) is 2.23. The Balaban J connectivity index is 1.42. The van der Waals surface area contributed by atoms with Crippen LogP contribution in [0.1, 0.15) is 5.69 Å². The van der Waals surface area contributed by atoms with Gasteiger partial charge < -0.3 is 30.2 Å². The van der Waals surface area contributed by atoms with Gasteiger partial charge in [-0.05, 0) is 38.2 Å². The number of nitrogens with zero attached hydrogens (tertiary/aromatic N) is 4. The zero-order valence-corrected chi connectivity index (χ0v) is 18.9. The van der Waals surface area contributed by atoms with Gasteiger partial charge in [-0.1, -0.05) is 23.4 Å². The van der Waals surface area contributed by atoms with Gasteiger partial charge in [0.05, 0.1) is 4.36 Å². The third kappa shape index (κ3) is 4.68.